The second kappa shape index (κ2) is 15.5. The number of hydrogen-bond donors (Lipinski definition) is 0. The van der Waals surface area contributed by atoms with E-state index in [9.17, 15) is 0 Å². The second-order valence-corrected chi connectivity index (χ2v) is 17.4. The molecule has 2 aromatic carbocycles. The number of aryl methyl sites for hydroxylation is 1. The van der Waals surface area contributed by atoms with E-state index in [1.807, 2.05) is 60.8 Å². The molecule has 0 atom stereocenters. The molecule has 1 saturated carbocycles. The zero-order valence-corrected chi connectivity index (χ0v) is 29.1. The molecule has 1 radical (unpaired) electrons. The van der Waals surface area contributed by atoms with Crippen molar-refractivity contribution in [3.05, 3.63) is 121 Å². The van der Waals surface area contributed by atoms with E-state index in [0.717, 1.165) is 28.4 Å². The summed E-state index contributed by atoms with van der Waals surface area (Å²) in [4.78, 5) is 13.4. The number of nitrogens with zero attached hydrogens (tertiary/aromatic N) is 3. The molecule has 0 bridgehead atoms. The molecule has 0 amide bonds. The van der Waals surface area contributed by atoms with Crippen molar-refractivity contribution in [1.29, 1.82) is 0 Å². The Morgan fingerprint density at radius 1 is 0.791 bits per heavy atom. The van der Waals surface area contributed by atoms with Crippen molar-refractivity contribution in [1.82, 2.24) is 15.0 Å². The van der Waals surface area contributed by atoms with Crippen LogP contribution in [0.5, 0.6) is 0 Å². The molecule has 3 aromatic heterocycles. The van der Waals surface area contributed by atoms with Gasteiger partial charge in [0.1, 0.15) is 0 Å². The maximum atomic E-state index is 4.73. The smallest absolute Gasteiger partial charge is 0.0798 e. The topological polar surface area (TPSA) is 38.7 Å². The van der Waals surface area contributed by atoms with Gasteiger partial charge in [-0.05, 0) is 53.2 Å². The molecule has 43 heavy (non-hydrogen) atoms. The van der Waals surface area contributed by atoms with Crippen LogP contribution in [0.4, 0.5) is 0 Å². The maximum Gasteiger partial charge on any atom is 0.0798 e. The molecule has 6 rings (SSSR count). The Labute approximate surface area is 272 Å². The Hall–Kier alpha value is -3.24. The van der Waals surface area contributed by atoms with Crippen molar-refractivity contribution in [3.8, 4) is 33.6 Å². The molecule has 5 heteroatoms. The van der Waals surface area contributed by atoms with Crippen LogP contribution in [-0.4, -0.2) is 23.0 Å². The summed E-state index contributed by atoms with van der Waals surface area (Å²) in [5.41, 5.74) is 9.16. The number of pyridine rings is 3. The quantitative estimate of drug-likeness (QED) is 0.128. The van der Waals surface area contributed by atoms with Crippen LogP contribution in [0, 0.1) is 25.1 Å². The Morgan fingerprint density at radius 2 is 1.49 bits per heavy atom. The fourth-order valence-electron chi connectivity index (χ4n) is 5.84. The Kier molecular flexibility index (Phi) is 11.8. The summed E-state index contributed by atoms with van der Waals surface area (Å²) < 4.78 is 0. The minimum absolute atomic E-state index is 0. The summed E-state index contributed by atoms with van der Waals surface area (Å²) >= 11 is 0. The van der Waals surface area contributed by atoms with Crippen LogP contribution in [0.2, 0.25) is 19.6 Å². The fraction of sp³-hybridized carbons (Fsp3) is 0.289. The predicted molar refractivity (Wildman–Crippen MR) is 178 cm³/mol. The van der Waals surface area contributed by atoms with Gasteiger partial charge in [0.25, 0.3) is 0 Å². The van der Waals surface area contributed by atoms with Crippen LogP contribution in [-0.2, 0) is 26.5 Å². The molecule has 0 N–H and O–H groups in total. The van der Waals surface area contributed by atoms with Crippen LogP contribution in [0.15, 0.2) is 97.5 Å². The first-order valence-electron chi connectivity index (χ1n) is 15.2. The Bertz CT molecular complexity index is 1560. The average Bonchev–Trinajstić information content (AvgIpc) is 3.02. The summed E-state index contributed by atoms with van der Waals surface area (Å²) in [7, 11) is -1.37. The third kappa shape index (κ3) is 8.89. The third-order valence-corrected chi connectivity index (χ3v) is 10.2. The van der Waals surface area contributed by atoms with Gasteiger partial charge in [-0.15, -0.1) is 53.6 Å². The van der Waals surface area contributed by atoms with E-state index in [1.54, 1.807) is 6.20 Å². The normalized spacial score (nSPS) is 13.4. The van der Waals surface area contributed by atoms with Crippen molar-refractivity contribution in [2.24, 2.45) is 5.92 Å². The number of rotatable bonds is 6. The predicted octanol–water partition coefficient (Wildman–Crippen LogP) is 9.13. The van der Waals surface area contributed by atoms with Crippen LogP contribution in [0.25, 0.3) is 33.6 Å². The summed E-state index contributed by atoms with van der Waals surface area (Å²) in [6.07, 6.45) is 17.2. The zero-order chi connectivity index (χ0) is 29.4. The number of hydrogen-bond acceptors (Lipinski definition) is 3. The van der Waals surface area contributed by atoms with E-state index in [1.165, 1.54) is 66.0 Å². The number of aromatic nitrogens is 3. The minimum atomic E-state index is -1.37. The summed E-state index contributed by atoms with van der Waals surface area (Å²) in [6.45, 7) is 9.38. The molecule has 0 aliphatic heterocycles. The van der Waals surface area contributed by atoms with Gasteiger partial charge in [-0.3, -0.25) is 0 Å². The van der Waals surface area contributed by atoms with Gasteiger partial charge in [0.15, 0.2) is 0 Å². The van der Waals surface area contributed by atoms with Crippen molar-refractivity contribution in [3.63, 3.8) is 0 Å². The molecular formula is C38H41IrN3Si-2. The molecule has 0 unspecified atom stereocenters. The largest absolute Gasteiger partial charge is 0.360 e. The van der Waals surface area contributed by atoms with Crippen LogP contribution in [0.3, 0.4) is 0 Å². The molecule has 1 aliphatic rings. The molecule has 1 fully saturated rings. The first-order chi connectivity index (χ1) is 20.4. The van der Waals surface area contributed by atoms with E-state index in [-0.39, 0.29) is 20.1 Å². The zero-order valence-electron chi connectivity index (χ0n) is 25.7. The van der Waals surface area contributed by atoms with Crippen LogP contribution >= 0.6 is 0 Å². The van der Waals surface area contributed by atoms with E-state index in [4.69, 9.17) is 4.98 Å². The van der Waals surface area contributed by atoms with Gasteiger partial charge in [-0.2, -0.15) is 0 Å². The van der Waals surface area contributed by atoms with E-state index >= 15 is 0 Å². The van der Waals surface area contributed by atoms with Gasteiger partial charge in [0, 0.05) is 38.1 Å². The molecule has 223 valence electrons. The van der Waals surface area contributed by atoms with Crippen LogP contribution in [0.1, 0.15) is 43.2 Å². The molecular weight excluding hydrogens is 719 g/mol. The van der Waals surface area contributed by atoms with Gasteiger partial charge < -0.3 is 15.0 Å². The van der Waals surface area contributed by atoms with Gasteiger partial charge >= 0.3 is 0 Å². The summed E-state index contributed by atoms with van der Waals surface area (Å²) in [6, 6.07) is 29.9. The van der Waals surface area contributed by atoms with Crippen molar-refractivity contribution < 1.29 is 20.1 Å². The molecule has 5 aromatic rings. The minimum Gasteiger partial charge on any atom is -0.360 e. The second-order valence-electron chi connectivity index (χ2n) is 12.4. The van der Waals surface area contributed by atoms with Crippen molar-refractivity contribution >= 4 is 13.3 Å². The first kappa shape index (κ1) is 32.7. The monoisotopic (exact) mass is 760 g/mol. The van der Waals surface area contributed by atoms with Crippen molar-refractivity contribution in [2.75, 3.05) is 0 Å². The molecule has 0 spiro atoms. The Morgan fingerprint density at radius 3 is 2.14 bits per heavy atom. The first-order valence-corrected chi connectivity index (χ1v) is 18.7. The molecule has 3 nitrogen and oxygen atoms in total. The SMILES string of the molecule is C[Si](C)(C)c1cnc(-c2[c-]nccc2)cc1CC1CCCCC1.Cc1cc(-c2[c-]cccc2)ncc1-c1ccccc1.[Ir]. The fourth-order valence-corrected chi connectivity index (χ4v) is 7.43. The number of benzene rings is 2. The Balaban J connectivity index is 0.000000195. The summed E-state index contributed by atoms with van der Waals surface area (Å²) in [5, 5.41) is 1.52. The average molecular weight is 760 g/mol. The standard InChI is InChI=1S/C20H27N2Si.C18H14N.Ir/c1-23(2,3)20-15-22-19(17-10-7-11-21-14-17)13-18(20)12-16-8-5-4-6-9-16;1-14-12-18(16-10-6-3-7-11-16)19-13-17(14)15-8-4-2-5-9-15;/h7,10-11,13,15-16H,4-6,8-9,12H2,1-3H3;2-10,12-13H,1H3;/q2*-1;. The van der Waals surface area contributed by atoms with E-state index in [2.05, 4.69) is 79.3 Å². The van der Waals surface area contributed by atoms with Gasteiger partial charge in [0.05, 0.1) is 8.07 Å². The molecule has 1 aliphatic carbocycles. The van der Waals surface area contributed by atoms with Crippen LogP contribution < -0.4 is 5.19 Å². The maximum absolute atomic E-state index is 4.73. The molecule has 3 heterocycles. The van der Waals surface area contributed by atoms with Crippen molar-refractivity contribution in [2.45, 2.75) is 65.1 Å². The van der Waals surface area contributed by atoms with E-state index < -0.39 is 8.07 Å². The van der Waals surface area contributed by atoms with Gasteiger partial charge in [-0.25, -0.2) is 0 Å². The molecule has 0 saturated heterocycles. The summed E-state index contributed by atoms with van der Waals surface area (Å²) in [5.74, 6) is 0.854. The van der Waals surface area contributed by atoms with Gasteiger partial charge in [-0.1, -0.05) is 106 Å². The van der Waals surface area contributed by atoms with E-state index in [0.29, 0.717) is 0 Å². The van der Waals surface area contributed by atoms with Gasteiger partial charge in [0.2, 0.25) is 0 Å². The third-order valence-electron chi connectivity index (χ3n) is 8.10.